The first-order valence-corrected chi connectivity index (χ1v) is 7.35. The molecule has 98 valence electrons. The minimum absolute atomic E-state index is 0.566. The van der Waals surface area contributed by atoms with Crippen molar-refractivity contribution in [2.75, 3.05) is 19.6 Å². The maximum Gasteiger partial charge on any atom is 0.0735 e. The van der Waals surface area contributed by atoms with Gasteiger partial charge in [-0.25, -0.2) is 0 Å². The van der Waals surface area contributed by atoms with Crippen LogP contribution >= 0.6 is 0 Å². The molecule has 0 aromatic heterocycles. The van der Waals surface area contributed by atoms with Gasteiger partial charge in [0.25, 0.3) is 0 Å². The van der Waals surface area contributed by atoms with Gasteiger partial charge in [0.1, 0.15) is 0 Å². The van der Waals surface area contributed by atoms with E-state index in [4.69, 9.17) is 4.74 Å². The van der Waals surface area contributed by atoms with Crippen molar-refractivity contribution in [3.8, 4) is 0 Å². The Morgan fingerprint density at radius 2 is 2.18 bits per heavy atom. The Morgan fingerprint density at radius 1 is 1.29 bits per heavy atom. The molecular weight excluding hydrogens is 212 g/mol. The molecule has 0 saturated carbocycles. The van der Waals surface area contributed by atoms with Crippen molar-refractivity contribution in [1.82, 2.24) is 10.2 Å². The number of nitrogens with one attached hydrogen (secondary N) is 1. The molecule has 3 aliphatic heterocycles. The summed E-state index contributed by atoms with van der Waals surface area (Å²) in [6.07, 6.45) is 6.45. The molecule has 4 unspecified atom stereocenters. The highest BCUT2D eigenvalue weighted by Gasteiger charge is 2.44. The Balaban J connectivity index is 1.47. The monoisotopic (exact) mass is 238 g/mol. The Kier molecular flexibility index (Phi) is 3.42. The van der Waals surface area contributed by atoms with Crippen LogP contribution in [0, 0.1) is 5.92 Å². The predicted molar refractivity (Wildman–Crippen MR) is 69.1 cm³/mol. The summed E-state index contributed by atoms with van der Waals surface area (Å²) in [5.74, 6) is 0.858. The molecule has 3 saturated heterocycles. The van der Waals surface area contributed by atoms with Gasteiger partial charge in [0.05, 0.1) is 12.2 Å². The third-order valence-electron chi connectivity index (χ3n) is 4.68. The molecule has 1 N–H and O–H groups in total. The lowest BCUT2D eigenvalue weighted by Crippen LogP contribution is -2.41. The largest absolute Gasteiger partial charge is 0.373 e. The maximum atomic E-state index is 5.97. The summed E-state index contributed by atoms with van der Waals surface area (Å²) in [5.41, 5.74) is 0. The number of hydrogen-bond donors (Lipinski definition) is 1. The summed E-state index contributed by atoms with van der Waals surface area (Å²) in [6, 6.07) is 1.37. The molecule has 0 aromatic carbocycles. The van der Waals surface area contributed by atoms with E-state index in [-0.39, 0.29) is 0 Å². The Morgan fingerprint density at radius 3 is 2.82 bits per heavy atom. The van der Waals surface area contributed by atoms with Crippen LogP contribution in [0.5, 0.6) is 0 Å². The number of ether oxygens (including phenoxy) is 1. The van der Waals surface area contributed by atoms with Crippen molar-refractivity contribution in [3.05, 3.63) is 0 Å². The highest BCUT2D eigenvalue weighted by atomic mass is 16.5. The quantitative estimate of drug-likeness (QED) is 0.805. The predicted octanol–water partition coefficient (Wildman–Crippen LogP) is 1.63. The number of rotatable bonds is 4. The highest BCUT2D eigenvalue weighted by Crippen LogP contribution is 2.38. The number of hydrogen-bond acceptors (Lipinski definition) is 3. The molecular formula is C14H26N2O. The Bertz CT molecular complexity index is 269. The molecule has 0 spiro atoms. The summed E-state index contributed by atoms with van der Waals surface area (Å²) in [4.78, 5) is 2.70. The summed E-state index contributed by atoms with van der Waals surface area (Å²) < 4.78 is 5.97. The van der Waals surface area contributed by atoms with Crippen LogP contribution in [0.25, 0.3) is 0 Å². The van der Waals surface area contributed by atoms with E-state index in [0.29, 0.717) is 18.2 Å². The van der Waals surface area contributed by atoms with Crippen LogP contribution in [0.1, 0.15) is 39.5 Å². The molecule has 0 aliphatic carbocycles. The van der Waals surface area contributed by atoms with Crippen molar-refractivity contribution < 1.29 is 4.74 Å². The lowest BCUT2D eigenvalue weighted by molar-refractivity contribution is 0.0759. The molecule has 3 heteroatoms. The second kappa shape index (κ2) is 4.87. The molecule has 3 heterocycles. The van der Waals surface area contributed by atoms with Crippen LogP contribution in [-0.2, 0) is 4.74 Å². The first-order chi connectivity index (χ1) is 8.22. The van der Waals surface area contributed by atoms with Gasteiger partial charge in [-0.05, 0) is 44.7 Å². The third-order valence-corrected chi connectivity index (χ3v) is 4.68. The summed E-state index contributed by atoms with van der Waals surface area (Å²) in [5, 5.41) is 3.57. The van der Waals surface area contributed by atoms with Crippen molar-refractivity contribution in [3.63, 3.8) is 0 Å². The van der Waals surface area contributed by atoms with E-state index in [0.717, 1.165) is 12.0 Å². The van der Waals surface area contributed by atoms with E-state index in [1.807, 2.05) is 0 Å². The topological polar surface area (TPSA) is 24.5 Å². The van der Waals surface area contributed by atoms with Crippen LogP contribution in [0.2, 0.25) is 0 Å². The fourth-order valence-electron chi connectivity index (χ4n) is 3.73. The van der Waals surface area contributed by atoms with Crippen LogP contribution in [0.15, 0.2) is 0 Å². The second-order valence-corrected chi connectivity index (χ2v) is 6.39. The van der Waals surface area contributed by atoms with Gasteiger partial charge in [0, 0.05) is 18.6 Å². The van der Waals surface area contributed by atoms with E-state index in [1.54, 1.807) is 0 Å². The molecule has 3 fully saturated rings. The van der Waals surface area contributed by atoms with E-state index in [9.17, 15) is 0 Å². The zero-order chi connectivity index (χ0) is 11.8. The van der Waals surface area contributed by atoms with Gasteiger partial charge in [-0.15, -0.1) is 0 Å². The standard InChI is InChI=1S/C14H26N2O/c1-10(2)15-8-11-5-6-16(9-11)13-7-12-3-4-14(13)17-12/h10-15H,3-9H2,1-2H3. The fourth-order valence-corrected chi connectivity index (χ4v) is 3.73. The smallest absolute Gasteiger partial charge is 0.0735 e. The number of nitrogens with zero attached hydrogens (tertiary/aromatic N) is 1. The average molecular weight is 238 g/mol. The van der Waals surface area contributed by atoms with Crippen LogP contribution < -0.4 is 5.32 Å². The first kappa shape index (κ1) is 11.9. The van der Waals surface area contributed by atoms with Gasteiger partial charge in [-0.1, -0.05) is 13.8 Å². The lowest BCUT2D eigenvalue weighted by atomic mass is 9.94. The van der Waals surface area contributed by atoms with Crippen LogP contribution in [0.3, 0.4) is 0 Å². The van der Waals surface area contributed by atoms with Crippen molar-refractivity contribution in [2.24, 2.45) is 5.92 Å². The molecule has 4 atom stereocenters. The second-order valence-electron chi connectivity index (χ2n) is 6.39. The van der Waals surface area contributed by atoms with E-state index in [2.05, 4.69) is 24.1 Å². The molecule has 3 rings (SSSR count). The summed E-state index contributed by atoms with van der Waals surface area (Å²) in [7, 11) is 0. The molecule has 0 radical (unpaired) electrons. The zero-order valence-electron chi connectivity index (χ0n) is 11.2. The molecule has 3 nitrogen and oxygen atoms in total. The summed E-state index contributed by atoms with van der Waals surface area (Å²) in [6.45, 7) is 8.24. The molecule has 17 heavy (non-hydrogen) atoms. The van der Waals surface area contributed by atoms with E-state index in [1.165, 1.54) is 45.3 Å². The highest BCUT2D eigenvalue weighted by molar-refractivity contribution is 4.97. The van der Waals surface area contributed by atoms with Gasteiger partial charge in [0.2, 0.25) is 0 Å². The lowest BCUT2D eigenvalue weighted by Gasteiger charge is -2.29. The van der Waals surface area contributed by atoms with Crippen molar-refractivity contribution in [2.45, 2.75) is 63.8 Å². The number of likely N-dealkylation sites (tertiary alicyclic amines) is 1. The van der Waals surface area contributed by atoms with E-state index < -0.39 is 0 Å². The van der Waals surface area contributed by atoms with Crippen molar-refractivity contribution in [1.29, 1.82) is 0 Å². The third kappa shape index (κ3) is 2.51. The van der Waals surface area contributed by atoms with Gasteiger partial charge in [-0.3, -0.25) is 4.90 Å². The minimum Gasteiger partial charge on any atom is -0.373 e. The van der Waals surface area contributed by atoms with Gasteiger partial charge >= 0.3 is 0 Å². The minimum atomic E-state index is 0.566. The van der Waals surface area contributed by atoms with Gasteiger partial charge in [0.15, 0.2) is 0 Å². The normalized spacial score (nSPS) is 41.8. The maximum absolute atomic E-state index is 5.97. The Hall–Kier alpha value is -0.120. The van der Waals surface area contributed by atoms with Gasteiger partial charge < -0.3 is 10.1 Å². The summed E-state index contributed by atoms with van der Waals surface area (Å²) >= 11 is 0. The van der Waals surface area contributed by atoms with Crippen LogP contribution in [0.4, 0.5) is 0 Å². The number of fused-ring (bicyclic) bond motifs is 2. The SMILES string of the molecule is CC(C)NCC1CCN(C2CC3CCC2O3)C1. The average Bonchev–Trinajstić information content (AvgIpc) is 3.01. The fraction of sp³-hybridized carbons (Fsp3) is 1.00. The molecule has 0 amide bonds. The van der Waals surface area contributed by atoms with Gasteiger partial charge in [-0.2, -0.15) is 0 Å². The van der Waals surface area contributed by atoms with Crippen molar-refractivity contribution >= 4 is 0 Å². The molecule has 3 aliphatic rings. The Labute approximate surface area is 105 Å². The van der Waals surface area contributed by atoms with Crippen LogP contribution in [-0.4, -0.2) is 48.8 Å². The molecule has 2 bridgehead atoms. The van der Waals surface area contributed by atoms with E-state index >= 15 is 0 Å². The zero-order valence-corrected chi connectivity index (χ0v) is 11.2. The first-order valence-electron chi connectivity index (χ1n) is 7.35. The molecule has 0 aromatic rings.